The van der Waals surface area contributed by atoms with Crippen LogP contribution in [0.15, 0.2) is 17.3 Å². The number of oxime groups is 1. The van der Waals surface area contributed by atoms with E-state index in [1.54, 1.807) is 20.8 Å². The van der Waals surface area contributed by atoms with Gasteiger partial charge in [0.15, 0.2) is 5.01 Å². The fourth-order valence-electron chi connectivity index (χ4n) is 4.35. The number of rotatable bonds is 7. The maximum Gasteiger partial charge on any atom is 0.430 e. The zero-order chi connectivity index (χ0) is 32.7. The summed E-state index contributed by atoms with van der Waals surface area (Å²) in [5.41, 5.74) is -3.10. The number of nitrogens with zero attached hydrogens (tertiary/aromatic N) is 3. The van der Waals surface area contributed by atoms with Crippen LogP contribution in [0, 0.1) is 5.41 Å². The summed E-state index contributed by atoms with van der Waals surface area (Å²) in [6.45, 7) is 5.12. The number of halogens is 8. The predicted octanol–water partition coefficient (Wildman–Crippen LogP) is 5.95. The van der Waals surface area contributed by atoms with E-state index in [0.29, 0.717) is 36.8 Å². The average molecular weight is 678 g/mol. The molecule has 2 heterocycles. The van der Waals surface area contributed by atoms with Crippen LogP contribution in [0.2, 0.25) is 10.0 Å². The van der Waals surface area contributed by atoms with Gasteiger partial charge in [0, 0.05) is 35.7 Å². The molecule has 1 aliphatic rings. The number of carbonyl (C=O) groups excluding carboxylic acids is 2. The molecule has 18 heteroatoms. The van der Waals surface area contributed by atoms with Crippen molar-refractivity contribution in [2.24, 2.45) is 16.3 Å². The van der Waals surface area contributed by atoms with Gasteiger partial charge in [-0.15, -0.1) is 11.3 Å². The topological polar surface area (TPSA) is 141 Å². The quantitative estimate of drug-likeness (QED) is 0.0939. The van der Waals surface area contributed by atoms with Crippen LogP contribution in [0.25, 0.3) is 10.4 Å². The smallest absolute Gasteiger partial charge is 0.409 e. The predicted molar refractivity (Wildman–Crippen MR) is 147 cm³/mol. The van der Waals surface area contributed by atoms with E-state index in [9.17, 15) is 41.0 Å². The number of piperidine rings is 1. The van der Waals surface area contributed by atoms with Crippen LogP contribution >= 0.6 is 34.5 Å². The van der Waals surface area contributed by atoms with Gasteiger partial charge in [0.25, 0.3) is 17.4 Å². The highest BCUT2D eigenvalue weighted by atomic mass is 35.5. The highest BCUT2D eigenvalue weighted by molar-refractivity contribution is 7.17. The summed E-state index contributed by atoms with van der Waals surface area (Å²) in [4.78, 5) is 32.2. The largest absolute Gasteiger partial charge is 0.430 e. The van der Waals surface area contributed by atoms with Gasteiger partial charge in [0.2, 0.25) is 0 Å². The molecule has 238 valence electrons. The summed E-state index contributed by atoms with van der Waals surface area (Å²) in [5.74, 6) is -1.65. The molecule has 2 aromatic rings. The Kier molecular flexibility index (Phi) is 9.91. The fraction of sp³-hybridized carbons (Fsp3) is 0.520. The lowest BCUT2D eigenvalue weighted by Crippen LogP contribution is -2.54. The number of aliphatic hydroxyl groups is 1. The van der Waals surface area contributed by atoms with Crippen LogP contribution in [-0.4, -0.2) is 69.3 Å². The number of alkyl halides is 6. The van der Waals surface area contributed by atoms with Crippen LogP contribution in [0.1, 0.15) is 65.9 Å². The van der Waals surface area contributed by atoms with Gasteiger partial charge in [-0.2, -0.15) is 26.3 Å². The van der Waals surface area contributed by atoms with E-state index in [1.165, 1.54) is 4.90 Å². The second kappa shape index (κ2) is 12.3. The molecule has 9 nitrogen and oxygen atoms in total. The van der Waals surface area contributed by atoms with Crippen molar-refractivity contribution in [1.29, 1.82) is 0 Å². The minimum absolute atomic E-state index is 0.141. The van der Waals surface area contributed by atoms with Gasteiger partial charge in [0.1, 0.15) is 11.5 Å². The van der Waals surface area contributed by atoms with Crippen molar-refractivity contribution < 1.29 is 46.2 Å². The van der Waals surface area contributed by atoms with Crippen LogP contribution < -0.4 is 11.1 Å². The number of likely N-dealkylation sites (tertiary alicyclic amines) is 1. The first-order valence-corrected chi connectivity index (χ1v) is 14.2. The Morgan fingerprint density at radius 1 is 1.14 bits per heavy atom. The number of carbonyl (C=O) groups is 2. The molecule has 2 amide bonds. The lowest BCUT2D eigenvalue weighted by Gasteiger charge is -2.34. The molecule has 1 atom stereocenters. The molecule has 0 spiro atoms. The van der Waals surface area contributed by atoms with E-state index in [1.807, 2.05) is 0 Å². The minimum atomic E-state index is -6.22. The zero-order valence-corrected chi connectivity index (χ0v) is 25.2. The normalized spacial score (nSPS) is 17.3. The maximum absolute atomic E-state index is 13.6. The highest BCUT2D eigenvalue weighted by Gasteiger charge is 2.72. The fourth-order valence-corrected chi connectivity index (χ4v) is 5.98. The number of hydrogen-bond donors (Lipinski definition) is 4. The van der Waals surface area contributed by atoms with Crippen LogP contribution in [0.5, 0.6) is 0 Å². The first kappa shape index (κ1) is 34.7. The molecular formula is C25H27Cl2F6N5O4S. The zero-order valence-electron chi connectivity index (χ0n) is 22.8. The third kappa shape index (κ3) is 6.51. The summed E-state index contributed by atoms with van der Waals surface area (Å²) in [6, 6.07) is 0.810. The number of aromatic nitrogens is 1. The third-order valence-corrected chi connectivity index (χ3v) is 9.09. The number of hydrogen-bond acceptors (Lipinski definition) is 7. The lowest BCUT2D eigenvalue weighted by molar-refractivity contribution is -0.376. The van der Waals surface area contributed by atoms with E-state index < -0.39 is 50.8 Å². The van der Waals surface area contributed by atoms with Crippen molar-refractivity contribution in [2.75, 3.05) is 13.1 Å². The van der Waals surface area contributed by atoms with Gasteiger partial charge in [0.05, 0.1) is 14.9 Å². The monoisotopic (exact) mass is 677 g/mol. The number of nitrogens with one attached hydrogen (secondary N) is 1. The number of amides is 2. The lowest BCUT2D eigenvalue weighted by atomic mass is 9.91. The first-order valence-electron chi connectivity index (χ1n) is 12.6. The van der Waals surface area contributed by atoms with Crippen molar-refractivity contribution in [3.63, 3.8) is 0 Å². The average Bonchev–Trinajstić information content (AvgIpc) is 3.36. The van der Waals surface area contributed by atoms with E-state index in [-0.39, 0.29) is 39.6 Å². The van der Waals surface area contributed by atoms with Crippen LogP contribution in [0.3, 0.4) is 0 Å². The van der Waals surface area contributed by atoms with Gasteiger partial charge < -0.3 is 26.3 Å². The molecule has 1 fully saturated rings. The van der Waals surface area contributed by atoms with Gasteiger partial charge in [-0.1, -0.05) is 54.3 Å². The van der Waals surface area contributed by atoms with Crippen LogP contribution in [0.4, 0.5) is 26.3 Å². The van der Waals surface area contributed by atoms with Gasteiger partial charge >= 0.3 is 12.4 Å². The molecule has 3 rings (SSSR count). The Morgan fingerprint density at radius 2 is 1.74 bits per heavy atom. The summed E-state index contributed by atoms with van der Waals surface area (Å²) in [6.07, 6.45) is -10.3. The molecular weight excluding hydrogens is 651 g/mol. The molecule has 0 radical (unpaired) electrons. The molecule has 0 aliphatic carbocycles. The Labute approximate surface area is 255 Å². The molecule has 43 heavy (non-hydrogen) atoms. The van der Waals surface area contributed by atoms with Gasteiger partial charge in [-0.3, -0.25) is 9.59 Å². The Hall–Kier alpha value is -2.82. The second-order valence-corrected chi connectivity index (χ2v) is 12.3. The standard InChI is InChI=1S/C25H27Cl2F6N5O4S/c1-11-6-4-5-9-38(11)20(40)16-17(43-19(36-16)18(39)35-10-22(2,3)21(34)37-42)12-7-8-13(15(27)14(12)26)23(41,24(28,29)30)25(31,32)33/h7-8,11,41-42H,4-6,9-10H2,1-3H3,(H2,34,37)(H,35,39). The number of amidine groups is 1. The summed E-state index contributed by atoms with van der Waals surface area (Å²) in [7, 11) is 0. The Bertz CT molecular complexity index is 1420. The first-order chi connectivity index (χ1) is 19.7. The van der Waals surface area contributed by atoms with Crippen molar-refractivity contribution in [1.82, 2.24) is 15.2 Å². The second-order valence-electron chi connectivity index (χ2n) is 10.6. The van der Waals surface area contributed by atoms with Gasteiger partial charge in [-0.25, -0.2) is 4.98 Å². The highest BCUT2D eigenvalue weighted by Crippen LogP contribution is 2.54. The summed E-state index contributed by atoms with van der Waals surface area (Å²) < 4.78 is 81.3. The molecule has 1 aromatic carbocycles. The molecule has 0 saturated carbocycles. The number of benzene rings is 1. The van der Waals surface area contributed by atoms with Crippen molar-refractivity contribution in [3.8, 4) is 10.4 Å². The maximum atomic E-state index is 13.6. The molecule has 0 bridgehead atoms. The molecule has 1 aliphatic heterocycles. The third-order valence-electron chi connectivity index (χ3n) is 7.12. The van der Waals surface area contributed by atoms with Gasteiger partial charge in [-0.05, 0) is 26.2 Å². The van der Waals surface area contributed by atoms with E-state index in [4.69, 9.17) is 34.1 Å². The van der Waals surface area contributed by atoms with E-state index in [2.05, 4.69) is 15.5 Å². The molecule has 5 N–H and O–H groups in total. The minimum Gasteiger partial charge on any atom is -0.409 e. The molecule has 1 aromatic heterocycles. The Balaban J connectivity index is 2.17. The summed E-state index contributed by atoms with van der Waals surface area (Å²) >= 11 is 12.7. The number of nitrogens with two attached hydrogens (primary N) is 1. The van der Waals surface area contributed by atoms with Crippen molar-refractivity contribution >= 4 is 52.2 Å². The van der Waals surface area contributed by atoms with Crippen molar-refractivity contribution in [2.45, 2.75) is 64.0 Å². The number of thiazole rings is 1. The Morgan fingerprint density at radius 3 is 2.28 bits per heavy atom. The molecule has 1 unspecified atom stereocenters. The molecule has 1 saturated heterocycles. The van der Waals surface area contributed by atoms with Crippen LogP contribution in [-0.2, 0) is 5.60 Å². The summed E-state index contributed by atoms with van der Waals surface area (Å²) in [5, 5.41) is 21.9. The SMILES string of the molecule is CC1CCCCN1C(=O)c1nc(C(=O)NCC(C)(C)C(N)=NO)sc1-c1ccc(C(O)(C(F)(F)F)C(F)(F)F)c(Cl)c1Cl. The van der Waals surface area contributed by atoms with E-state index >= 15 is 0 Å². The van der Waals surface area contributed by atoms with Crippen molar-refractivity contribution in [3.05, 3.63) is 38.4 Å². The van der Waals surface area contributed by atoms with E-state index in [0.717, 1.165) is 12.5 Å².